The van der Waals surface area contributed by atoms with Crippen LogP contribution in [0.2, 0.25) is 0 Å². The molecule has 4 rings (SSSR count). The van der Waals surface area contributed by atoms with Crippen molar-refractivity contribution in [2.24, 2.45) is 0 Å². The summed E-state index contributed by atoms with van der Waals surface area (Å²) < 4.78 is 3.81. The Morgan fingerprint density at radius 3 is 2.91 bits per heavy atom. The molecule has 0 bridgehead atoms. The van der Waals surface area contributed by atoms with Gasteiger partial charge in [0.2, 0.25) is 0 Å². The Morgan fingerprint density at radius 1 is 1.13 bits per heavy atom. The molecule has 23 heavy (non-hydrogen) atoms. The molecule has 0 aliphatic heterocycles. The largest absolute Gasteiger partial charge is 0.285 e. The van der Waals surface area contributed by atoms with E-state index in [1.807, 2.05) is 40.1 Å². The molecule has 0 amide bonds. The van der Waals surface area contributed by atoms with Gasteiger partial charge in [0.15, 0.2) is 0 Å². The first-order valence-corrected chi connectivity index (χ1v) is 7.71. The number of rotatable bonds is 5. The first kappa shape index (κ1) is 13.7. The smallest absolute Gasteiger partial charge is 0.0999 e. The fourth-order valence-electron chi connectivity index (χ4n) is 2.60. The van der Waals surface area contributed by atoms with Gasteiger partial charge < -0.3 is 0 Å². The van der Waals surface area contributed by atoms with Crippen LogP contribution in [0.15, 0.2) is 43.2 Å². The second-order valence-corrected chi connectivity index (χ2v) is 5.47. The van der Waals surface area contributed by atoms with Crippen molar-refractivity contribution in [1.82, 2.24) is 34.6 Å². The number of hydrogen-bond donors (Lipinski definition) is 1. The summed E-state index contributed by atoms with van der Waals surface area (Å²) >= 11 is 0. The molecule has 4 heterocycles. The van der Waals surface area contributed by atoms with Gasteiger partial charge in [0.25, 0.3) is 0 Å². The molecule has 0 atom stereocenters. The molecule has 7 heteroatoms. The zero-order valence-corrected chi connectivity index (χ0v) is 12.8. The van der Waals surface area contributed by atoms with Crippen LogP contribution in [0, 0.1) is 0 Å². The summed E-state index contributed by atoms with van der Waals surface area (Å²) in [6.07, 6.45) is 13.4. The number of fused-ring (bicyclic) bond motifs is 1. The van der Waals surface area contributed by atoms with Gasteiger partial charge in [-0.1, -0.05) is 13.3 Å². The van der Waals surface area contributed by atoms with Gasteiger partial charge in [0.1, 0.15) is 0 Å². The number of nitrogens with zero attached hydrogens (tertiary/aromatic N) is 6. The standard InChI is InChI=1S/C16H17N7/c1-2-3-6-22-10-13(9-20-22)16-15-4-5-19-23(15)11-14(21-16)12-7-17-18-8-12/h4-5,7-11H,2-3,6H2,1H3,(H,17,18). The molecule has 0 aromatic carbocycles. The molecule has 4 aromatic rings. The molecule has 0 spiro atoms. The number of H-pyrrole nitrogens is 1. The molecular formula is C16H17N7. The number of aromatic nitrogens is 7. The molecule has 0 radical (unpaired) electrons. The van der Waals surface area contributed by atoms with Gasteiger partial charge in [-0.2, -0.15) is 15.3 Å². The predicted octanol–water partition coefficient (Wildman–Crippen LogP) is 2.78. The predicted molar refractivity (Wildman–Crippen MR) is 86.7 cm³/mol. The van der Waals surface area contributed by atoms with Crippen LogP contribution in [0.5, 0.6) is 0 Å². The second-order valence-electron chi connectivity index (χ2n) is 5.47. The number of hydrogen-bond acceptors (Lipinski definition) is 4. The Hall–Kier alpha value is -2.96. The number of unbranched alkanes of at least 4 members (excludes halogenated alkanes) is 1. The Labute approximate surface area is 133 Å². The van der Waals surface area contributed by atoms with Crippen LogP contribution in [0.25, 0.3) is 28.0 Å². The fourth-order valence-corrected chi connectivity index (χ4v) is 2.60. The van der Waals surface area contributed by atoms with Gasteiger partial charge >= 0.3 is 0 Å². The van der Waals surface area contributed by atoms with Crippen LogP contribution in [0.1, 0.15) is 19.8 Å². The van der Waals surface area contributed by atoms with E-state index in [4.69, 9.17) is 4.98 Å². The van der Waals surface area contributed by atoms with Gasteiger partial charge in [-0.25, -0.2) is 9.50 Å². The molecule has 4 aromatic heterocycles. The Balaban J connectivity index is 1.82. The van der Waals surface area contributed by atoms with Crippen LogP contribution in [0.4, 0.5) is 0 Å². The normalized spacial score (nSPS) is 11.3. The molecule has 1 N–H and O–H groups in total. The second kappa shape index (κ2) is 5.68. The molecule has 0 fully saturated rings. The summed E-state index contributed by atoms with van der Waals surface area (Å²) in [6.45, 7) is 3.10. The zero-order valence-electron chi connectivity index (χ0n) is 12.8. The molecular weight excluding hydrogens is 290 g/mol. The summed E-state index contributed by atoms with van der Waals surface area (Å²) in [5.74, 6) is 0. The minimum absolute atomic E-state index is 0.825. The van der Waals surface area contributed by atoms with E-state index in [0.717, 1.165) is 47.4 Å². The first-order valence-electron chi connectivity index (χ1n) is 7.71. The van der Waals surface area contributed by atoms with E-state index >= 15 is 0 Å². The van der Waals surface area contributed by atoms with Crippen molar-refractivity contribution in [3.05, 3.63) is 43.2 Å². The molecule has 0 aliphatic rings. The SMILES string of the molecule is CCCCn1cc(-c2nc(-c3cn[nH]c3)cn3nccc23)cn1. The number of aryl methyl sites for hydroxylation is 1. The van der Waals surface area contributed by atoms with Gasteiger partial charge in [-0.15, -0.1) is 0 Å². The average Bonchev–Trinajstić information content (AvgIpc) is 3.32. The zero-order chi connectivity index (χ0) is 15.6. The molecule has 116 valence electrons. The van der Waals surface area contributed by atoms with E-state index in [1.54, 1.807) is 12.4 Å². The minimum Gasteiger partial charge on any atom is -0.285 e. The maximum Gasteiger partial charge on any atom is 0.0999 e. The third-order valence-corrected chi connectivity index (χ3v) is 3.83. The van der Waals surface area contributed by atoms with Crippen molar-refractivity contribution >= 4 is 5.52 Å². The topological polar surface area (TPSA) is 76.7 Å². The molecule has 7 nitrogen and oxygen atoms in total. The van der Waals surface area contributed by atoms with Gasteiger partial charge in [-0.3, -0.25) is 9.78 Å². The summed E-state index contributed by atoms with van der Waals surface area (Å²) in [4.78, 5) is 4.81. The Bertz CT molecular complexity index is 917. The highest BCUT2D eigenvalue weighted by molar-refractivity contribution is 5.78. The van der Waals surface area contributed by atoms with E-state index in [1.165, 1.54) is 0 Å². The quantitative estimate of drug-likeness (QED) is 0.615. The third-order valence-electron chi connectivity index (χ3n) is 3.83. The number of nitrogens with one attached hydrogen (secondary N) is 1. The lowest BCUT2D eigenvalue weighted by Crippen LogP contribution is -1.97. The number of aromatic amines is 1. The van der Waals surface area contributed by atoms with Crippen LogP contribution in [0.3, 0.4) is 0 Å². The van der Waals surface area contributed by atoms with E-state index < -0.39 is 0 Å². The van der Waals surface area contributed by atoms with E-state index in [-0.39, 0.29) is 0 Å². The molecule has 0 aliphatic carbocycles. The lowest BCUT2D eigenvalue weighted by molar-refractivity contribution is 0.572. The average molecular weight is 307 g/mol. The van der Waals surface area contributed by atoms with Crippen LogP contribution in [-0.2, 0) is 6.54 Å². The van der Waals surface area contributed by atoms with Crippen molar-refractivity contribution in [2.45, 2.75) is 26.3 Å². The van der Waals surface area contributed by atoms with Crippen molar-refractivity contribution in [2.75, 3.05) is 0 Å². The van der Waals surface area contributed by atoms with E-state index in [9.17, 15) is 0 Å². The highest BCUT2D eigenvalue weighted by atomic mass is 15.3. The first-order chi connectivity index (χ1) is 11.3. The van der Waals surface area contributed by atoms with E-state index in [2.05, 4.69) is 27.3 Å². The van der Waals surface area contributed by atoms with Gasteiger partial charge in [0.05, 0.1) is 41.7 Å². The fraction of sp³-hybridized carbons (Fsp3) is 0.250. The van der Waals surface area contributed by atoms with Crippen molar-refractivity contribution in [3.63, 3.8) is 0 Å². The molecule has 0 saturated carbocycles. The lowest BCUT2D eigenvalue weighted by Gasteiger charge is -2.05. The Morgan fingerprint density at radius 2 is 2.09 bits per heavy atom. The summed E-state index contributed by atoms with van der Waals surface area (Å²) in [7, 11) is 0. The highest BCUT2D eigenvalue weighted by Crippen LogP contribution is 2.26. The summed E-state index contributed by atoms with van der Waals surface area (Å²) in [6, 6.07) is 1.96. The van der Waals surface area contributed by atoms with Gasteiger partial charge in [0, 0.05) is 30.1 Å². The Kier molecular flexibility index (Phi) is 3.38. The lowest BCUT2D eigenvalue weighted by atomic mass is 10.2. The van der Waals surface area contributed by atoms with E-state index in [0.29, 0.717) is 0 Å². The van der Waals surface area contributed by atoms with Crippen molar-refractivity contribution in [3.8, 4) is 22.5 Å². The molecule has 0 unspecified atom stereocenters. The maximum absolute atomic E-state index is 4.81. The minimum atomic E-state index is 0.825. The third kappa shape index (κ3) is 2.50. The monoisotopic (exact) mass is 307 g/mol. The van der Waals surface area contributed by atoms with Crippen LogP contribution < -0.4 is 0 Å². The van der Waals surface area contributed by atoms with Gasteiger partial charge in [-0.05, 0) is 12.5 Å². The van der Waals surface area contributed by atoms with Crippen molar-refractivity contribution in [1.29, 1.82) is 0 Å². The summed E-state index contributed by atoms with van der Waals surface area (Å²) in [5, 5.41) is 15.6. The maximum atomic E-state index is 4.81. The van der Waals surface area contributed by atoms with Crippen LogP contribution >= 0.6 is 0 Å². The molecule has 0 saturated heterocycles. The van der Waals surface area contributed by atoms with Crippen LogP contribution in [-0.4, -0.2) is 34.6 Å². The summed E-state index contributed by atoms with van der Waals surface area (Å²) in [5.41, 5.74) is 4.60. The van der Waals surface area contributed by atoms with Crippen molar-refractivity contribution < 1.29 is 0 Å². The highest BCUT2D eigenvalue weighted by Gasteiger charge is 2.13.